The van der Waals surface area contributed by atoms with E-state index >= 15 is 0 Å². The molecule has 156 valence electrons. The molecular formula is C27H43N. The first-order valence-electron chi connectivity index (χ1n) is 12.5. The van der Waals surface area contributed by atoms with Crippen molar-refractivity contribution in [3.8, 4) is 0 Å². The third-order valence-electron chi connectivity index (χ3n) is 8.68. The van der Waals surface area contributed by atoms with Gasteiger partial charge in [-0.1, -0.05) is 44.2 Å². The molecule has 0 aromatic carbocycles. The Morgan fingerprint density at radius 2 is 1.43 bits per heavy atom. The maximum absolute atomic E-state index is 4.06. The van der Waals surface area contributed by atoms with E-state index < -0.39 is 0 Å². The standard InChI is InChI=1S/C27H43N/c1-20-13-14-23(22-9-5-3-6-10-22)15-18-27(20)28-25-16-17-26(21(2)19-25)24-11-7-4-8-12-24/h3-5,7,19-24,26-28H,6,8-18H2,1-2H3. The third kappa shape index (κ3) is 4.95. The Balaban J connectivity index is 1.32. The predicted octanol–water partition coefficient (Wildman–Crippen LogP) is 7.41. The second-order valence-electron chi connectivity index (χ2n) is 10.5. The molecule has 1 saturated carbocycles. The van der Waals surface area contributed by atoms with Crippen molar-refractivity contribution in [1.82, 2.24) is 5.32 Å². The maximum Gasteiger partial charge on any atom is 0.0283 e. The van der Waals surface area contributed by atoms with E-state index in [2.05, 4.69) is 49.5 Å². The molecule has 4 rings (SSSR count). The molecule has 0 bridgehead atoms. The number of hydrogen-bond donors (Lipinski definition) is 1. The topological polar surface area (TPSA) is 12.0 Å². The summed E-state index contributed by atoms with van der Waals surface area (Å²) in [4.78, 5) is 0. The highest BCUT2D eigenvalue weighted by atomic mass is 14.9. The van der Waals surface area contributed by atoms with Crippen molar-refractivity contribution >= 4 is 0 Å². The zero-order chi connectivity index (χ0) is 19.3. The van der Waals surface area contributed by atoms with Crippen molar-refractivity contribution in [3.05, 3.63) is 36.1 Å². The van der Waals surface area contributed by atoms with Crippen molar-refractivity contribution in [2.45, 2.75) is 96.9 Å². The molecule has 7 atom stereocenters. The molecule has 0 aliphatic heterocycles. The van der Waals surface area contributed by atoms with Crippen LogP contribution in [0.3, 0.4) is 0 Å². The van der Waals surface area contributed by atoms with E-state index in [0.29, 0.717) is 6.04 Å². The van der Waals surface area contributed by atoms with Gasteiger partial charge in [-0.2, -0.15) is 0 Å². The van der Waals surface area contributed by atoms with Crippen molar-refractivity contribution in [1.29, 1.82) is 0 Å². The van der Waals surface area contributed by atoms with Crippen LogP contribution in [0.4, 0.5) is 0 Å². The minimum absolute atomic E-state index is 0.705. The van der Waals surface area contributed by atoms with E-state index in [9.17, 15) is 0 Å². The molecular weight excluding hydrogens is 338 g/mol. The Morgan fingerprint density at radius 3 is 2.11 bits per heavy atom. The van der Waals surface area contributed by atoms with Crippen LogP contribution < -0.4 is 5.32 Å². The second-order valence-corrected chi connectivity index (χ2v) is 10.5. The van der Waals surface area contributed by atoms with Crippen LogP contribution in [-0.4, -0.2) is 6.04 Å². The van der Waals surface area contributed by atoms with Gasteiger partial charge in [0.05, 0.1) is 0 Å². The molecule has 0 spiro atoms. The van der Waals surface area contributed by atoms with Crippen LogP contribution in [0.15, 0.2) is 36.1 Å². The van der Waals surface area contributed by atoms with Gasteiger partial charge in [0.2, 0.25) is 0 Å². The van der Waals surface area contributed by atoms with Crippen molar-refractivity contribution in [2.75, 3.05) is 0 Å². The molecule has 4 aliphatic carbocycles. The maximum atomic E-state index is 4.06. The van der Waals surface area contributed by atoms with E-state index in [0.717, 1.165) is 35.5 Å². The Kier molecular flexibility index (Phi) is 7.02. The Morgan fingerprint density at radius 1 is 0.714 bits per heavy atom. The van der Waals surface area contributed by atoms with E-state index in [-0.39, 0.29) is 0 Å². The fourth-order valence-corrected chi connectivity index (χ4v) is 6.77. The second kappa shape index (κ2) is 9.68. The summed E-state index contributed by atoms with van der Waals surface area (Å²) in [5, 5.41) is 4.06. The Labute approximate surface area is 174 Å². The number of nitrogens with one attached hydrogen (secondary N) is 1. The lowest BCUT2D eigenvalue weighted by molar-refractivity contribution is 0.224. The summed E-state index contributed by atoms with van der Waals surface area (Å²) in [7, 11) is 0. The minimum Gasteiger partial charge on any atom is -0.386 e. The summed E-state index contributed by atoms with van der Waals surface area (Å²) < 4.78 is 0. The summed E-state index contributed by atoms with van der Waals surface area (Å²) in [6.45, 7) is 4.98. The molecule has 4 aliphatic rings. The van der Waals surface area contributed by atoms with Gasteiger partial charge in [-0.15, -0.1) is 0 Å². The first-order valence-corrected chi connectivity index (χ1v) is 12.5. The number of allylic oxidation sites excluding steroid dienone is 6. The monoisotopic (exact) mass is 381 g/mol. The van der Waals surface area contributed by atoms with Gasteiger partial charge in [0.1, 0.15) is 0 Å². The van der Waals surface area contributed by atoms with Crippen LogP contribution in [-0.2, 0) is 0 Å². The molecule has 1 heteroatoms. The fraction of sp³-hybridized carbons (Fsp3) is 0.778. The Bertz CT molecular complexity index is 585. The van der Waals surface area contributed by atoms with Crippen LogP contribution in [0.1, 0.15) is 90.9 Å². The highest BCUT2D eigenvalue weighted by Crippen LogP contribution is 2.40. The summed E-state index contributed by atoms with van der Waals surface area (Å²) in [6, 6.07) is 0.705. The normalized spacial score (nSPS) is 41.9. The van der Waals surface area contributed by atoms with E-state index in [1.807, 2.05) is 0 Å². The molecule has 0 amide bonds. The smallest absolute Gasteiger partial charge is 0.0283 e. The first kappa shape index (κ1) is 20.3. The molecule has 1 nitrogen and oxygen atoms in total. The van der Waals surface area contributed by atoms with Crippen molar-refractivity contribution in [3.63, 3.8) is 0 Å². The van der Waals surface area contributed by atoms with Gasteiger partial charge in [-0.25, -0.2) is 0 Å². The van der Waals surface area contributed by atoms with Crippen LogP contribution in [0, 0.1) is 35.5 Å². The number of rotatable bonds is 4. The van der Waals surface area contributed by atoms with Crippen LogP contribution >= 0.6 is 0 Å². The summed E-state index contributed by atoms with van der Waals surface area (Å²) in [5.74, 6) is 5.35. The highest BCUT2D eigenvalue weighted by Gasteiger charge is 2.32. The summed E-state index contributed by atoms with van der Waals surface area (Å²) in [5.41, 5.74) is 1.58. The van der Waals surface area contributed by atoms with E-state index in [4.69, 9.17) is 0 Å². The zero-order valence-electron chi connectivity index (χ0n) is 18.4. The van der Waals surface area contributed by atoms with Crippen LogP contribution in [0.25, 0.3) is 0 Å². The van der Waals surface area contributed by atoms with E-state index in [1.54, 1.807) is 5.70 Å². The van der Waals surface area contributed by atoms with Gasteiger partial charge < -0.3 is 5.32 Å². The Hall–Kier alpha value is -0.980. The van der Waals surface area contributed by atoms with Gasteiger partial charge >= 0.3 is 0 Å². The van der Waals surface area contributed by atoms with Crippen molar-refractivity contribution < 1.29 is 0 Å². The lowest BCUT2D eigenvalue weighted by Gasteiger charge is -2.37. The molecule has 0 heterocycles. The quantitative estimate of drug-likeness (QED) is 0.395. The number of hydrogen-bond acceptors (Lipinski definition) is 1. The summed E-state index contributed by atoms with van der Waals surface area (Å²) in [6.07, 6.45) is 28.8. The molecule has 0 radical (unpaired) electrons. The fourth-order valence-electron chi connectivity index (χ4n) is 6.77. The van der Waals surface area contributed by atoms with Gasteiger partial charge in [-0.05, 0) is 113 Å². The van der Waals surface area contributed by atoms with Gasteiger partial charge in [0.25, 0.3) is 0 Å². The first-order chi connectivity index (χ1) is 13.7. The highest BCUT2D eigenvalue weighted by molar-refractivity contribution is 5.11. The average molecular weight is 382 g/mol. The van der Waals surface area contributed by atoms with Crippen LogP contribution in [0.5, 0.6) is 0 Å². The van der Waals surface area contributed by atoms with Gasteiger partial charge in [0, 0.05) is 11.7 Å². The molecule has 1 N–H and O–H groups in total. The lowest BCUT2D eigenvalue weighted by atomic mass is 9.71. The zero-order valence-corrected chi connectivity index (χ0v) is 18.4. The minimum atomic E-state index is 0.705. The van der Waals surface area contributed by atoms with Crippen molar-refractivity contribution in [2.24, 2.45) is 35.5 Å². The predicted molar refractivity (Wildman–Crippen MR) is 121 cm³/mol. The SMILES string of the molecule is CC1C=C(NC2CCC(C3CC=CCC3)CCC2C)CCC1C1CC=CCC1. The third-order valence-corrected chi connectivity index (χ3v) is 8.68. The molecule has 0 aromatic rings. The lowest BCUT2D eigenvalue weighted by Crippen LogP contribution is -2.36. The van der Waals surface area contributed by atoms with Gasteiger partial charge in [0.15, 0.2) is 0 Å². The van der Waals surface area contributed by atoms with E-state index in [1.165, 1.54) is 77.0 Å². The molecule has 0 saturated heterocycles. The molecule has 28 heavy (non-hydrogen) atoms. The molecule has 7 unspecified atom stereocenters. The average Bonchev–Trinajstić information content (AvgIpc) is 2.91. The molecule has 0 aromatic heterocycles. The summed E-state index contributed by atoms with van der Waals surface area (Å²) >= 11 is 0. The molecule has 1 fully saturated rings. The van der Waals surface area contributed by atoms with Gasteiger partial charge in [-0.3, -0.25) is 0 Å². The van der Waals surface area contributed by atoms with Crippen LogP contribution in [0.2, 0.25) is 0 Å². The largest absolute Gasteiger partial charge is 0.386 e.